The summed E-state index contributed by atoms with van der Waals surface area (Å²) < 4.78 is 2.25. The molecular weight excluding hydrogens is 312 g/mol. The Morgan fingerprint density at radius 2 is 2.08 bits per heavy atom. The molecular formula is C20H24N4O. The zero-order chi connectivity index (χ0) is 17.6. The highest BCUT2D eigenvalue weighted by Crippen LogP contribution is 2.21. The van der Waals surface area contributed by atoms with Gasteiger partial charge >= 0.3 is 6.03 Å². The third-order valence-corrected chi connectivity index (χ3v) is 3.98. The minimum absolute atomic E-state index is 0.197. The number of aromatic nitrogens is 2. The number of hydrogen-bond acceptors (Lipinski definition) is 2. The first kappa shape index (κ1) is 17.0. The van der Waals surface area contributed by atoms with Gasteiger partial charge in [0.15, 0.2) is 0 Å². The van der Waals surface area contributed by atoms with Crippen molar-refractivity contribution in [3.05, 3.63) is 60.6 Å². The molecule has 2 aromatic heterocycles. The minimum Gasteiger partial charge on any atom is -0.347 e. The largest absolute Gasteiger partial charge is 0.347 e. The summed E-state index contributed by atoms with van der Waals surface area (Å²) in [6.45, 7) is 5.95. The number of anilines is 1. The standard InChI is InChI=1S/C20H24N4O/c1-15(2)14-24-12-9-16-13-18(6-7-19(16)24)23-20(25)22-11-8-17-5-3-4-10-21-17/h3-7,9-10,12-13,15H,8,11,14H2,1-2H3,(H2,22,23,25). The van der Waals surface area contributed by atoms with Crippen LogP contribution in [0.25, 0.3) is 10.9 Å². The highest BCUT2D eigenvalue weighted by molar-refractivity contribution is 5.92. The smallest absolute Gasteiger partial charge is 0.319 e. The summed E-state index contributed by atoms with van der Waals surface area (Å²) in [6, 6.07) is 13.7. The van der Waals surface area contributed by atoms with Crippen molar-refractivity contribution in [1.82, 2.24) is 14.9 Å². The lowest BCUT2D eigenvalue weighted by molar-refractivity contribution is 0.252. The molecule has 0 aliphatic heterocycles. The van der Waals surface area contributed by atoms with Crippen molar-refractivity contribution in [3.8, 4) is 0 Å². The second kappa shape index (κ2) is 7.83. The Kier molecular flexibility index (Phi) is 5.33. The lowest BCUT2D eigenvalue weighted by atomic mass is 10.2. The van der Waals surface area contributed by atoms with Crippen LogP contribution in [0.15, 0.2) is 54.9 Å². The number of benzene rings is 1. The van der Waals surface area contributed by atoms with E-state index in [0.29, 0.717) is 18.9 Å². The van der Waals surface area contributed by atoms with Gasteiger partial charge in [-0.25, -0.2) is 4.79 Å². The molecule has 3 aromatic rings. The number of fused-ring (bicyclic) bond motifs is 1. The number of rotatable bonds is 6. The molecule has 130 valence electrons. The molecule has 1 aromatic carbocycles. The zero-order valence-electron chi connectivity index (χ0n) is 14.7. The van der Waals surface area contributed by atoms with E-state index in [1.807, 2.05) is 30.3 Å². The molecule has 0 radical (unpaired) electrons. The highest BCUT2D eigenvalue weighted by atomic mass is 16.2. The van der Waals surface area contributed by atoms with Gasteiger partial charge in [0.05, 0.1) is 0 Å². The maximum atomic E-state index is 12.0. The number of carbonyl (C=O) groups excluding carboxylic acids is 1. The van der Waals surface area contributed by atoms with E-state index in [2.05, 4.69) is 52.4 Å². The summed E-state index contributed by atoms with van der Waals surface area (Å²) >= 11 is 0. The molecule has 0 unspecified atom stereocenters. The Balaban J connectivity index is 1.56. The second-order valence-corrected chi connectivity index (χ2v) is 6.59. The number of pyridine rings is 1. The van der Waals surface area contributed by atoms with Crippen LogP contribution in [0.4, 0.5) is 10.5 Å². The van der Waals surface area contributed by atoms with Crippen LogP contribution in [0.2, 0.25) is 0 Å². The highest BCUT2D eigenvalue weighted by Gasteiger charge is 2.06. The first-order chi connectivity index (χ1) is 12.1. The van der Waals surface area contributed by atoms with E-state index in [4.69, 9.17) is 0 Å². The fourth-order valence-corrected chi connectivity index (χ4v) is 2.86. The predicted octanol–water partition coefficient (Wildman–Crippen LogP) is 4.06. The summed E-state index contributed by atoms with van der Waals surface area (Å²) in [5.41, 5.74) is 2.95. The van der Waals surface area contributed by atoms with Crippen LogP contribution in [-0.2, 0) is 13.0 Å². The number of hydrogen-bond donors (Lipinski definition) is 2. The van der Waals surface area contributed by atoms with Crippen molar-refractivity contribution in [3.63, 3.8) is 0 Å². The summed E-state index contributed by atoms with van der Waals surface area (Å²) in [7, 11) is 0. The summed E-state index contributed by atoms with van der Waals surface area (Å²) in [5, 5.41) is 6.89. The van der Waals surface area contributed by atoms with Crippen molar-refractivity contribution in [2.75, 3.05) is 11.9 Å². The van der Waals surface area contributed by atoms with Gasteiger partial charge in [0.25, 0.3) is 0 Å². The van der Waals surface area contributed by atoms with E-state index in [0.717, 1.165) is 23.3 Å². The predicted molar refractivity (Wildman–Crippen MR) is 102 cm³/mol. The molecule has 5 nitrogen and oxygen atoms in total. The van der Waals surface area contributed by atoms with Crippen molar-refractivity contribution in [1.29, 1.82) is 0 Å². The van der Waals surface area contributed by atoms with Gasteiger partial charge in [-0.1, -0.05) is 19.9 Å². The van der Waals surface area contributed by atoms with Gasteiger partial charge in [-0.05, 0) is 42.3 Å². The molecule has 0 aliphatic rings. The molecule has 3 rings (SSSR count). The molecule has 0 saturated heterocycles. The fourth-order valence-electron chi connectivity index (χ4n) is 2.86. The summed E-state index contributed by atoms with van der Waals surface area (Å²) in [5.74, 6) is 0.596. The van der Waals surface area contributed by atoms with E-state index in [1.165, 1.54) is 5.52 Å². The van der Waals surface area contributed by atoms with E-state index < -0.39 is 0 Å². The van der Waals surface area contributed by atoms with Crippen LogP contribution in [-0.4, -0.2) is 22.1 Å². The summed E-state index contributed by atoms with van der Waals surface area (Å²) in [4.78, 5) is 16.3. The van der Waals surface area contributed by atoms with Crippen LogP contribution < -0.4 is 10.6 Å². The first-order valence-electron chi connectivity index (χ1n) is 8.65. The average Bonchev–Trinajstić information content (AvgIpc) is 2.97. The van der Waals surface area contributed by atoms with Gasteiger partial charge in [0.1, 0.15) is 0 Å². The number of amides is 2. The van der Waals surface area contributed by atoms with Crippen molar-refractivity contribution in [2.45, 2.75) is 26.8 Å². The fraction of sp³-hybridized carbons (Fsp3) is 0.300. The van der Waals surface area contributed by atoms with Crippen LogP contribution in [0.5, 0.6) is 0 Å². The van der Waals surface area contributed by atoms with E-state index in [1.54, 1.807) is 6.20 Å². The molecule has 2 N–H and O–H groups in total. The Morgan fingerprint density at radius 3 is 2.84 bits per heavy atom. The van der Waals surface area contributed by atoms with Crippen molar-refractivity contribution < 1.29 is 4.79 Å². The Bertz CT molecular complexity index is 839. The Labute approximate surface area is 148 Å². The van der Waals surface area contributed by atoms with E-state index in [-0.39, 0.29) is 6.03 Å². The van der Waals surface area contributed by atoms with Crippen molar-refractivity contribution >= 4 is 22.6 Å². The monoisotopic (exact) mass is 336 g/mol. The normalized spacial score (nSPS) is 11.0. The second-order valence-electron chi connectivity index (χ2n) is 6.59. The third-order valence-electron chi connectivity index (χ3n) is 3.98. The van der Waals surface area contributed by atoms with E-state index >= 15 is 0 Å². The topological polar surface area (TPSA) is 59.0 Å². The van der Waals surface area contributed by atoms with Crippen LogP contribution in [0.1, 0.15) is 19.5 Å². The number of carbonyl (C=O) groups is 1. The van der Waals surface area contributed by atoms with Gasteiger partial charge in [-0.15, -0.1) is 0 Å². The molecule has 0 fully saturated rings. The van der Waals surface area contributed by atoms with Crippen LogP contribution >= 0.6 is 0 Å². The molecule has 0 aliphatic carbocycles. The SMILES string of the molecule is CC(C)Cn1ccc2cc(NC(=O)NCCc3ccccn3)ccc21. The Morgan fingerprint density at radius 1 is 1.20 bits per heavy atom. The van der Waals surface area contributed by atoms with Gasteiger partial charge in [-0.2, -0.15) is 0 Å². The quantitative estimate of drug-likeness (QED) is 0.713. The van der Waals surface area contributed by atoms with Gasteiger partial charge in [-0.3, -0.25) is 4.98 Å². The summed E-state index contributed by atoms with van der Waals surface area (Å²) in [6.07, 6.45) is 4.57. The minimum atomic E-state index is -0.197. The average molecular weight is 336 g/mol. The molecule has 25 heavy (non-hydrogen) atoms. The third kappa shape index (κ3) is 4.59. The maximum absolute atomic E-state index is 12.0. The lowest BCUT2D eigenvalue weighted by Gasteiger charge is -2.10. The molecule has 0 atom stereocenters. The van der Waals surface area contributed by atoms with E-state index in [9.17, 15) is 4.79 Å². The van der Waals surface area contributed by atoms with Crippen molar-refractivity contribution in [2.24, 2.45) is 5.92 Å². The van der Waals surface area contributed by atoms with Crippen LogP contribution in [0.3, 0.4) is 0 Å². The molecule has 2 heterocycles. The number of urea groups is 1. The lowest BCUT2D eigenvalue weighted by Crippen LogP contribution is -2.30. The molecule has 0 bridgehead atoms. The van der Waals surface area contributed by atoms with Gasteiger partial charge in [0.2, 0.25) is 0 Å². The maximum Gasteiger partial charge on any atom is 0.319 e. The molecule has 5 heteroatoms. The number of nitrogens with one attached hydrogen (secondary N) is 2. The van der Waals surface area contributed by atoms with Crippen LogP contribution in [0, 0.1) is 5.92 Å². The number of nitrogens with zero attached hydrogens (tertiary/aromatic N) is 2. The van der Waals surface area contributed by atoms with Gasteiger partial charge in [0, 0.05) is 54.2 Å². The molecule has 2 amide bonds. The molecule has 0 saturated carbocycles. The van der Waals surface area contributed by atoms with Gasteiger partial charge < -0.3 is 15.2 Å². The first-order valence-corrected chi connectivity index (χ1v) is 8.65. The Hall–Kier alpha value is -2.82. The molecule has 0 spiro atoms. The zero-order valence-corrected chi connectivity index (χ0v) is 14.7.